The monoisotopic (exact) mass is 432 g/mol. The van der Waals surface area contributed by atoms with Crippen molar-refractivity contribution in [2.45, 2.75) is 13.0 Å². The van der Waals surface area contributed by atoms with Gasteiger partial charge in [0.25, 0.3) is 5.91 Å². The Hall–Kier alpha value is -4.00. The van der Waals surface area contributed by atoms with Crippen LogP contribution in [-0.2, 0) is 4.79 Å². The molecule has 3 aromatic rings. The molecule has 0 aliphatic heterocycles. The van der Waals surface area contributed by atoms with Gasteiger partial charge in [-0.2, -0.15) is 0 Å². The van der Waals surface area contributed by atoms with Crippen molar-refractivity contribution in [2.24, 2.45) is 0 Å². The Labute approximate surface area is 188 Å². The van der Waals surface area contributed by atoms with Gasteiger partial charge in [0.2, 0.25) is 0 Å². The Morgan fingerprint density at radius 2 is 1.53 bits per heavy atom. The first-order chi connectivity index (χ1) is 15.5. The number of ether oxygens (including phenoxy) is 1. The van der Waals surface area contributed by atoms with E-state index in [9.17, 15) is 9.59 Å². The van der Waals surface area contributed by atoms with E-state index in [-0.39, 0.29) is 24.6 Å². The summed E-state index contributed by atoms with van der Waals surface area (Å²) in [5, 5.41) is 8.44. The summed E-state index contributed by atoms with van der Waals surface area (Å²) in [6, 6.07) is 25.9. The number of carbonyl (C=O) groups is 2. The number of nitrogens with one attached hydrogen (secondary N) is 3. The van der Waals surface area contributed by atoms with Gasteiger partial charge in [0.05, 0.1) is 0 Å². The van der Waals surface area contributed by atoms with Crippen LogP contribution in [-0.4, -0.2) is 38.2 Å². The van der Waals surface area contributed by atoms with E-state index in [4.69, 9.17) is 4.74 Å². The van der Waals surface area contributed by atoms with Crippen molar-refractivity contribution in [3.63, 3.8) is 0 Å². The van der Waals surface area contributed by atoms with Crippen molar-refractivity contribution in [3.05, 3.63) is 84.9 Å². The smallest absolute Gasteiger partial charge is 0.319 e. The second-order valence-electron chi connectivity index (χ2n) is 7.36. The first-order valence-corrected chi connectivity index (χ1v) is 10.4. The maximum absolute atomic E-state index is 12.3. The van der Waals surface area contributed by atoms with Crippen LogP contribution < -0.4 is 25.6 Å². The topological polar surface area (TPSA) is 82.7 Å². The molecule has 1 unspecified atom stereocenters. The molecule has 0 spiro atoms. The molecule has 0 heterocycles. The average Bonchev–Trinajstić information content (AvgIpc) is 2.82. The molecule has 0 aromatic heterocycles. The lowest BCUT2D eigenvalue weighted by Gasteiger charge is -2.27. The molecule has 0 bridgehead atoms. The molecular formula is C25H28N4O3. The maximum atomic E-state index is 12.3. The molecule has 0 aliphatic carbocycles. The number of benzene rings is 3. The van der Waals surface area contributed by atoms with Crippen molar-refractivity contribution in [2.75, 3.05) is 35.7 Å². The average molecular weight is 433 g/mol. The summed E-state index contributed by atoms with van der Waals surface area (Å²) in [6.07, 6.45) is 0. The summed E-state index contributed by atoms with van der Waals surface area (Å²) < 4.78 is 5.55. The fraction of sp³-hybridized carbons (Fsp3) is 0.200. The quantitative estimate of drug-likeness (QED) is 0.469. The number of hydrogen-bond acceptors (Lipinski definition) is 4. The Morgan fingerprint density at radius 3 is 2.25 bits per heavy atom. The van der Waals surface area contributed by atoms with Crippen molar-refractivity contribution < 1.29 is 14.3 Å². The molecule has 7 heteroatoms. The standard InChI is InChI=1S/C25H28N4O3/c1-19(29(2)22-13-7-4-8-14-22)17-26-25(31)28-21-12-9-15-23(16-21)32-18-24(30)27-20-10-5-3-6-11-20/h3-16,19H,17-18H2,1-2H3,(H,27,30)(H2,26,28,31). The van der Waals surface area contributed by atoms with Crippen LogP contribution in [0.4, 0.5) is 21.9 Å². The van der Waals surface area contributed by atoms with Crippen LogP contribution in [0.25, 0.3) is 0 Å². The zero-order valence-corrected chi connectivity index (χ0v) is 18.2. The van der Waals surface area contributed by atoms with Crippen LogP contribution >= 0.6 is 0 Å². The summed E-state index contributed by atoms with van der Waals surface area (Å²) >= 11 is 0. The predicted molar refractivity (Wildman–Crippen MR) is 128 cm³/mol. The number of urea groups is 1. The van der Waals surface area contributed by atoms with E-state index in [1.807, 2.05) is 62.5 Å². The summed E-state index contributed by atoms with van der Waals surface area (Å²) in [5.74, 6) is 0.229. The summed E-state index contributed by atoms with van der Waals surface area (Å²) in [5.41, 5.74) is 2.37. The molecule has 0 aliphatic rings. The highest BCUT2D eigenvalue weighted by molar-refractivity contribution is 5.92. The number of carbonyl (C=O) groups excluding carboxylic acids is 2. The van der Waals surface area contributed by atoms with E-state index >= 15 is 0 Å². The largest absolute Gasteiger partial charge is 0.484 e. The summed E-state index contributed by atoms with van der Waals surface area (Å²) in [4.78, 5) is 26.5. The van der Waals surface area contributed by atoms with Gasteiger partial charge in [0, 0.05) is 42.8 Å². The van der Waals surface area contributed by atoms with E-state index in [1.165, 1.54) is 0 Å². The predicted octanol–water partition coefficient (Wildman–Crippen LogP) is 4.35. The van der Waals surface area contributed by atoms with Crippen LogP contribution in [0.15, 0.2) is 84.9 Å². The number of amides is 3. The van der Waals surface area contributed by atoms with Gasteiger partial charge in [-0.15, -0.1) is 0 Å². The van der Waals surface area contributed by atoms with Crippen LogP contribution in [0.5, 0.6) is 5.75 Å². The van der Waals surface area contributed by atoms with Crippen LogP contribution in [0, 0.1) is 0 Å². The van der Waals surface area contributed by atoms with E-state index in [0.29, 0.717) is 23.7 Å². The number of para-hydroxylation sites is 2. The van der Waals surface area contributed by atoms with Gasteiger partial charge in [0.15, 0.2) is 6.61 Å². The first-order valence-electron chi connectivity index (χ1n) is 10.4. The molecule has 7 nitrogen and oxygen atoms in total. The van der Waals surface area contributed by atoms with Crippen LogP contribution in [0.1, 0.15) is 6.92 Å². The van der Waals surface area contributed by atoms with E-state index in [1.54, 1.807) is 36.4 Å². The number of nitrogens with zero attached hydrogens (tertiary/aromatic N) is 1. The first kappa shape index (κ1) is 22.7. The Kier molecular flexibility index (Phi) is 8.09. The zero-order chi connectivity index (χ0) is 22.8. The van der Waals surface area contributed by atoms with Gasteiger partial charge < -0.3 is 25.6 Å². The van der Waals surface area contributed by atoms with Gasteiger partial charge in [0.1, 0.15) is 5.75 Å². The second kappa shape index (κ2) is 11.4. The normalized spacial score (nSPS) is 11.2. The van der Waals surface area contributed by atoms with Gasteiger partial charge in [-0.25, -0.2) is 4.79 Å². The number of anilines is 3. The second-order valence-corrected chi connectivity index (χ2v) is 7.36. The zero-order valence-electron chi connectivity index (χ0n) is 18.2. The summed E-state index contributed by atoms with van der Waals surface area (Å²) in [6.45, 7) is 2.39. The molecular weight excluding hydrogens is 404 g/mol. The molecule has 3 rings (SSSR count). The fourth-order valence-corrected chi connectivity index (χ4v) is 3.00. The van der Waals surface area contributed by atoms with Gasteiger partial charge in [-0.1, -0.05) is 42.5 Å². The van der Waals surface area contributed by atoms with E-state index in [2.05, 4.69) is 20.9 Å². The van der Waals surface area contributed by atoms with Gasteiger partial charge >= 0.3 is 6.03 Å². The molecule has 166 valence electrons. The van der Waals surface area contributed by atoms with Crippen molar-refractivity contribution >= 4 is 29.0 Å². The minimum absolute atomic E-state index is 0.112. The van der Waals surface area contributed by atoms with Crippen molar-refractivity contribution in [1.82, 2.24) is 5.32 Å². The van der Waals surface area contributed by atoms with Crippen LogP contribution in [0.2, 0.25) is 0 Å². The molecule has 32 heavy (non-hydrogen) atoms. The fourth-order valence-electron chi connectivity index (χ4n) is 3.00. The third kappa shape index (κ3) is 7.05. The highest BCUT2D eigenvalue weighted by Crippen LogP contribution is 2.18. The van der Waals surface area contributed by atoms with Crippen molar-refractivity contribution in [1.29, 1.82) is 0 Å². The molecule has 3 aromatic carbocycles. The third-order valence-corrected chi connectivity index (χ3v) is 4.90. The Bertz CT molecular complexity index is 1010. The Balaban J connectivity index is 1.44. The molecule has 0 radical (unpaired) electrons. The minimum Gasteiger partial charge on any atom is -0.484 e. The lowest BCUT2D eigenvalue weighted by atomic mass is 10.2. The molecule has 0 saturated carbocycles. The van der Waals surface area contributed by atoms with Crippen LogP contribution in [0.3, 0.4) is 0 Å². The van der Waals surface area contributed by atoms with E-state index in [0.717, 1.165) is 5.69 Å². The molecule has 0 fully saturated rings. The summed E-state index contributed by atoms with van der Waals surface area (Å²) in [7, 11) is 1.99. The highest BCUT2D eigenvalue weighted by Gasteiger charge is 2.12. The molecule has 1 atom stereocenters. The minimum atomic E-state index is -0.308. The highest BCUT2D eigenvalue weighted by atomic mass is 16.5. The number of rotatable bonds is 9. The van der Waals surface area contributed by atoms with Gasteiger partial charge in [-0.05, 0) is 43.3 Å². The lowest BCUT2D eigenvalue weighted by molar-refractivity contribution is -0.118. The number of hydrogen-bond donors (Lipinski definition) is 3. The Morgan fingerprint density at radius 1 is 0.875 bits per heavy atom. The SMILES string of the molecule is CC(CNC(=O)Nc1cccc(OCC(=O)Nc2ccccc2)c1)N(C)c1ccccc1. The number of likely N-dealkylation sites (N-methyl/N-ethyl adjacent to an activating group) is 1. The maximum Gasteiger partial charge on any atom is 0.319 e. The van der Waals surface area contributed by atoms with E-state index < -0.39 is 0 Å². The lowest BCUT2D eigenvalue weighted by Crippen LogP contribution is -2.41. The van der Waals surface area contributed by atoms with Crippen molar-refractivity contribution in [3.8, 4) is 5.75 Å². The third-order valence-electron chi connectivity index (χ3n) is 4.90. The molecule has 3 N–H and O–H groups in total. The molecule has 0 saturated heterocycles. The molecule has 3 amide bonds. The van der Waals surface area contributed by atoms with Gasteiger partial charge in [-0.3, -0.25) is 4.79 Å².